The summed E-state index contributed by atoms with van der Waals surface area (Å²) in [5.41, 5.74) is -0.221. The van der Waals surface area contributed by atoms with Gasteiger partial charge in [-0.1, -0.05) is 55.5 Å². The van der Waals surface area contributed by atoms with E-state index in [0.717, 1.165) is 31.2 Å². The maximum absolute atomic E-state index is 12.0. The molecule has 0 spiro atoms. The van der Waals surface area contributed by atoms with Crippen LogP contribution in [-0.4, -0.2) is 12.1 Å². The molecule has 106 valence electrons. The zero-order chi connectivity index (χ0) is 14.4. The third-order valence-corrected chi connectivity index (χ3v) is 3.82. The van der Waals surface area contributed by atoms with Crippen molar-refractivity contribution in [1.82, 2.24) is 5.32 Å². The molecule has 0 aliphatic heterocycles. The summed E-state index contributed by atoms with van der Waals surface area (Å²) in [6.45, 7) is 1.74. The normalized spacial score (nSPS) is 18.6. The first-order valence-electron chi connectivity index (χ1n) is 7.17. The number of benzene rings is 1. The van der Waals surface area contributed by atoms with Crippen LogP contribution < -0.4 is 5.32 Å². The zero-order valence-electron chi connectivity index (χ0n) is 11.9. The first-order chi connectivity index (χ1) is 9.64. The minimum absolute atomic E-state index is 0.217. The van der Waals surface area contributed by atoms with Crippen LogP contribution in [0.4, 0.5) is 4.79 Å². The molecule has 1 amide bonds. The molecule has 1 aromatic carbocycles. The van der Waals surface area contributed by atoms with E-state index in [1.807, 2.05) is 30.3 Å². The van der Waals surface area contributed by atoms with Gasteiger partial charge < -0.3 is 10.1 Å². The molecule has 0 radical (unpaired) electrons. The Labute approximate surface area is 120 Å². The molecule has 3 nitrogen and oxygen atoms in total. The van der Waals surface area contributed by atoms with E-state index >= 15 is 0 Å². The Bertz CT molecular complexity index is 485. The number of carbonyl (C=O) groups excluding carboxylic acids is 1. The van der Waals surface area contributed by atoms with E-state index < -0.39 is 11.7 Å². The second-order valence-electron chi connectivity index (χ2n) is 5.41. The predicted octanol–water partition coefficient (Wildman–Crippen LogP) is 3.59. The first-order valence-corrected chi connectivity index (χ1v) is 7.17. The van der Waals surface area contributed by atoms with E-state index in [1.165, 1.54) is 6.42 Å². The van der Waals surface area contributed by atoms with Crippen LogP contribution in [0, 0.1) is 12.3 Å². The number of hydrogen-bond acceptors (Lipinski definition) is 2. The number of terminal acetylenes is 1. The van der Waals surface area contributed by atoms with Gasteiger partial charge in [-0.25, -0.2) is 4.79 Å². The Hall–Kier alpha value is -1.95. The summed E-state index contributed by atoms with van der Waals surface area (Å²) in [5, 5.41) is 2.92. The second-order valence-corrected chi connectivity index (χ2v) is 5.41. The predicted molar refractivity (Wildman–Crippen MR) is 79.1 cm³/mol. The molecule has 2 rings (SSSR count). The molecule has 0 unspecified atom stereocenters. The molecule has 1 aliphatic carbocycles. The molecular weight excluding hydrogens is 250 g/mol. The molecule has 0 aromatic heterocycles. The van der Waals surface area contributed by atoms with Gasteiger partial charge in [0.2, 0.25) is 0 Å². The van der Waals surface area contributed by atoms with Gasteiger partial charge in [0.25, 0.3) is 0 Å². The molecule has 0 bridgehead atoms. The fraction of sp³-hybridized carbons (Fsp3) is 0.471. The number of amides is 1. The molecule has 0 heterocycles. The van der Waals surface area contributed by atoms with Crippen LogP contribution in [0.1, 0.15) is 44.6 Å². The van der Waals surface area contributed by atoms with Gasteiger partial charge in [-0.15, -0.1) is 6.42 Å². The molecule has 1 N–H and O–H groups in total. The number of ether oxygens (including phenoxy) is 1. The molecule has 20 heavy (non-hydrogen) atoms. The number of hydrogen-bond donors (Lipinski definition) is 1. The summed E-state index contributed by atoms with van der Waals surface area (Å²) >= 11 is 0. The standard InChI is InChI=1S/C17H21NO2/c1-3-17(2,14-10-6-4-7-11-14)20-16(19)18-15-12-8-5-9-13-15/h1,4,6-7,10-11,15H,5,8-9,12-13H2,2H3,(H,18,19)/t17-/m0/s1. The van der Waals surface area contributed by atoms with E-state index in [2.05, 4.69) is 11.2 Å². The van der Waals surface area contributed by atoms with Gasteiger partial charge in [-0.05, 0) is 19.8 Å². The summed E-state index contributed by atoms with van der Waals surface area (Å²) in [5.74, 6) is 2.58. The minimum atomic E-state index is -1.03. The highest BCUT2D eigenvalue weighted by Crippen LogP contribution is 2.25. The molecule has 1 saturated carbocycles. The number of carbonyl (C=O) groups is 1. The van der Waals surface area contributed by atoms with Crippen molar-refractivity contribution < 1.29 is 9.53 Å². The fourth-order valence-electron chi connectivity index (χ4n) is 2.56. The van der Waals surface area contributed by atoms with Gasteiger partial charge in [-0.3, -0.25) is 0 Å². The Morgan fingerprint density at radius 2 is 1.95 bits per heavy atom. The highest BCUT2D eigenvalue weighted by Gasteiger charge is 2.29. The van der Waals surface area contributed by atoms with Crippen LogP contribution in [0.5, 0.6) is 0 Å². The lowest BCUT2D eigenvalue weighted by molar-refractivity contribution is 0.0607. The molecule has 1 atom stereocenters. The van der Waals surface area contributed by atoms with E-state index in [-0.39, 0.29) is 6.04 Å². The lowest BCUT2D eigenvalue weighted by Gasteiger charge is -2.27. The average molecular weight is 271 g/mol. The van der Waals surface area contributed by atoms with Crippen LogP contribution in [-0.2, 0) is 10.3 Å². The Morgan fingerprint density at radius 3 is 2.55 bits per heavy atom. The largest absolute Gasteiger partial charge is 0.426 e. The van der Waals surface area contributed by atoms with E-state index in [1.54, 1.807) is 6.92 Å². The van der Waals surface area contributed by atoms with Crippen LogP contribution in [0.2, 0.25) is 0 Å². The van der Waals surface area contributed by atoms with Gasteiger partial charge in [-0.2, -0.15) is 0 Å². The fourth-order valence-corrected chi connectivity index (χ4v) is 2.56. The van der Waals surface area contributed by atoms with E-state index in [4.69, 9.17) is 11.2 Å². The van der Waals surface area contributed by atoms with Gasteiger partial charge in [0.1, 0.15) is 0 Å². The van der Waals surface area contributed by atoms with Gasteiger partial charge >= 0.3 is 6.09 Å². The van der Waals surface area contributed by atoms with Gasteiger partial charge in [0.15, 0.2) is 5.60 Å². The lowest BCUT2D eigenvalue weighted by Crippen LogP contribution is -2.40. The van der Waals surface area contributed by atoms with Crippen LogP contribution in [0.25, 0.3) is 0 Å². The first kappa shape index (κ1) is 14.5. The molecule has 0 saturated heterocycles. The van der Waals surface area contributed by atoms with Crippen LogP contribution in [0.3, 0.4) is 0 Å². The topological polar surface area (TPSA) is 38.3 Å². The molecule has 1 fully saturated rings. The third kappa shape index (κ3) is 3.54. The Balaban J connectivity index is 1.99. The molecule has 1 aromatic rings. The summed E-state index contributed by atoms with van der Waals surface area (Å²) in [6.07, 6.45) is 10.8. The van der Waals surface area contributed by atoms with Crippen molar-refractivity contribution in [1.29, 1.82) is 0 Å². The summed E-state index contributed by atoms with van der Waals surface area (Å²) < 4.78 is 5.49. The number of rotatable bonds is 3. The maximum Gasteiger partial charge on any atom is 0.409 e. The third-order valence-electron chi connectivity index (χ3n) is 3.82. The monoisotopic (exact) mass is 271 g/mol. The van der Waals surface area contributed by atoms with E-state index in [9.17, 15) is 4.79 Å². The summed E-state index contributed by atoms with van der Waals surface area (Å²) in [4.78, 5) is 12.0. The van der Waals surface area contributed by atoms with E-state index in [0.29, 0.717) is 0 Å². The van der Waals surface area contributed by atoms with Crippen molar-refractivity contribution in [2.45, 2.75) is 50.7 Å². The van der Waals surface area contributed by atoms with Crippen molar-refractivity contribution >= 4 is 6.09 Å². The smallest absolute Gasteiger partial charge is 0.409 e. The SMILES string of the molecule is C#C[C@](C)(OC(=O)NC1CCCCC1)c1ccccc1. The number of alkyl carbamates (subject to hydrolysis) is 1. The minimum Gasteiger partial charge on any atom is -0.426 e. The molecule has 3 heteroatoms. The maximum atomic E-state index is 12.0. The van der Waals surface area contributed by atoms with Crippen molar-refractivity contribution in [3.05, 3.63) is 35.9 Å². The summed E-state index contributed by atoms with van der Waals surface area (Å²) in [7, 11) is 0. The Morgan fingerprint density at radius 1 is 1.30 bits per heavy atom. The van der Waals surface area contributed by atoms with Crippen molar-refractivity contribution in [3.8, 4) is 12.3 Å². The zero-order valence-corrected chi connectivity index (χ0v) is 11.9. The van der Waals surface area contributed by atoms with Crippen molar-refractivity contribution in [3.63, 3.8) is 0 Å². The molecular formula is C17H21NO2. The van der Waals surface area contributed by atoms with Gasteiger partial charge in [0, 0.05) is 11.6 Å². The quantitative estimate of drug-likeness (QED) is 0.853. The van der Waals surface area contributed by atoms with Crippen molar-refractivity contribution in [2.24, 2.45) is 0 Å². The molecule has 1 aliphatic rings. The average Bonchev–Trinajstić information content (AvgIpc) is 2.49. The number of nitrogens with one attached hydrogen (secondary N) is 1. The lowest BCUT2D eigenvalue weighted by atomic mass is 9.95. The highest BCUT2D eigenvalue weighted by molar-refractivity contribution is 5.69. The van der Waals surface area contributed by atoms with Crippen LogP contribution in [0.15, 0.2) is 30.3 Å². The van der Waals surface area contributed by atoms with Crippen LogP contribution >= 0.6 is 0 Å². The summed E-state index contributed by atoms with van der Waals surface area (Å²) in [6, 6.07) is 9.62. The Kier molecular flexibility index (Phi) is 4.68. The highest BCUT2D eigenvalue weighted by atomic mass is 16.6. The second kappa shape index (κ2) is 6.47. The van der Waals surface area contributed by atoms with Crippen molar-refractivity contribution in [2.75, 3.05) is 0 Å². The van der Waals surface area contributed by atoms with Gasteiger partial charge in [0.05, 0.1) is 0 Å².